The average molecular weight is 187 g/mol. The van der Waals surface area contributed by atoms with Gasteiger partial charge in [-0.2, -0.15) is 0 Å². The standard InChI is InChI=1S/C9H17NO3/c1-3-10(13,4-2)8-6-5-7-9(11)12/h1-8H2,(H,11,12). The van der Waals surface area contributed by atoms with Crippen LogP contribution in [-0.4, -0.2) is 35.4 Å². The first-order valence-electron chi connectivity index (χ1n) is 4.41. The van der Waals surface area contributed by atoms with Gasteiger partial charge in [0.1, 0.15) is 0 Å². The highest BCUT2D eigenvalue weighted by molar-refractivity contribution is 5.66. The average Bonchev–Trinajstić information content (AvgIpc) is 2.12. The van der Waals surface area contributed by atoms with Crippen LogP contribution in [0.5, 0.6) is 0 Å². The lowest BCUT2D eigenvalue weighted by Crippen LogP contribution is -2.42. The summed E-state index contributed by atoms with van der Waals surface area (Å²) < 4.78 is -0.417. The van der Waals surface area contributed by atoms with Gasteiger partial charge in [0.2, 0.25) is 0 Å². The third kappa shape index (κ3) is 5.60. The molecule has 4 heteroatoms. The molecule has 13 heavy (non-hydrogen) atoms. The zero-order chi connectivity index (χ0) is 10.3. The third-order valence-electron chi connectivity index (χ3n) is 2.02. The molecule has 0 amide bonds. The molecule has 0 saturated heterocycles. The SMILES string of the molecule is [CH2]C[N+]([O-])(C[CH2])CCCCC(=O)O. The van der Waals surface area contributed by atoms with Gasteiger partial charge in [-0.05, 0) is 12.8 Å². The summed E-state index contributed by atoms with van der Waals surface area (Å²) in [6.45, 7) is 8.03. The molecule has 2 radical (unpaired) electrons. The summed E-state index contributed by atoms with van der Waals surface area (Å²) in [7, 11) is 0. The number of carbonyl (C=O) groups is 1. The smallest absolute Gasteiger partial charge is 0.303 e. The minimum absolute atomic E-state index is 0.133. The molecule has 0 aromatic rings. The number of rotatable bonds is 7. The number of carboxylic acids is 1. The normalized spacial score (nSPS) is 11.6. The van der Waals surface area contributed by atoms with E-state index >= 15 is 0 Å². The van der Waals surface area contributed by atoms with Crippen LogP contribution >= 0.6 is 0 Å². The first-order valence-corrected chi connectivity index (χ1v) is 4.41. The first kappa shape index (κ1) is 12.4. The molecular weight excluding hydrogens is 170 g/mol. The fourth-order valence-electron chi connectivity index (χ4n) is 1.01. The van der Waals surface area contributed by atoms with E-state index in [1.54, 1.807) is 0 Å². The predicted molar refractivity (Wildman–Crippen MR) is 50.4 cm³/mol. The van der Waals surface area contributed by atoms with Crippen LogP contribution in [0.1, 0.15) is 19.3 Å². The van der Waals surface area contributed by atoms with Gasteiger partial charge < -0.3 is 15.0 Å². The lowest BCUT2D eigenvalue weighted by Gasteiger charge is -2.40. The van der Waals surface area contributed by atoms with Crippen LogP contribution in [-0.2, 0) is 4.79 Å². The molecule has 4 nitrogen and oxygen atoms in total. The van der Waals surface area contributed by atoms with Crippen LogP contribution in [0.2, 0.25) is 0 Å². The van der Waals surface area contributed by atoms with Crippen molar-refractivity contribution < 1.29 is 14.5 Å². The predicted octanol–water partition coefficient (Wildman–Crippen LogP) is 1.22. The van der Waals surface area contributed by atoms with Gasteiger partial charge in [0.05, 0.1) is 19.6 Å². The molecule has 0 rings (SSSR count). The topological polar surface area (TPSA) is 60.4 Å². The maximum absolute atomic E-state index is 11.5. The summed E-state index contributed by atoms with van der Waals surface area (Å²) in [6.07, 6.45) is 1.31. The van der Waals surface area contributed by atoms with Crippen molar-refractivity contribution >= 4 is 5.97 Å². The molecule has 0 saturated carbocycles. The number of unbranched alkanes of at least 4 members (excludes halogenated alkanes) is 1. The molecule has 0 heterocycles. The minimum Gasteiger partial charge on any atom is -0.633 e. The highest BCUT2D eigenvalue weighted by atomic mass is 16.5. The highest BCUT2D eigenvalue weighted by Crippen LogP contribution is 2.07. The van der Waals surface area contributed by atoms with Gasteiger partial charge in [0.15, 0.2) is 0 Å². The number of quaternary nitrogens is 1. The van der Waals surface area contributed by atoms with Gasteiger partial charge >= 0.3 is 5.97 Å². The van der Waals surface area contributed by atoms with E-state index in [9.17, 15) is 10.0 Å². The summed E-state index contributed by atoms with van der Waals surface area (Å²) in [6, 6.07) is 0. The summed E-state index contributed by atoms with van der Waals surface area (Å²) >= 11 is 0. The molecule has 76 valence electrons. The maximum Gasteiger partial charge on any atom is 0.303 e. The number of hydroxylamine groups is 3. The van der Waals surface area contributed by atoms with Crippen molar-refractivity contribution in [2.75, 3.05) is 19.6 Å². The molecule has 0 fully saturated rings. The molecule has 0 aromatic heterocycles. The van der Waals surface area contributed by atoms with Crippen molar-refractivity contribution in [2.45, 2.75) is 19.3 Å². The van der Waals surface area contributed by atoms with Crippen LogP contribution in [0.3, 0.4) is 0 Å². The van der Waals surface area contributed by atoms with E-state index in [4.69, 9.17) is 5.11 Å². The molecule has 0 aliphatic carbocycles. The Morgan fingerprint density at radius 1 is 1.31 bits per heavy atom. The van der Waals surface area contributed by atoms with Crippen molar-refractivity contribution in [3.63, 3.8) is 0 Å². The van der Waals surface area contributed by atoms with Crippen molar-refractivity contribution in [1.82, 2.24) is 0 Å². The number of hydrogen-bond acceptors (Lipinski definition) is 2. The fourth-order valence-corrected chi connectivity index (χ4v) is 1.01. The van der Waals surface area contributed by atoms with Gasteiger partial charge in [0, 0.05) is 20.3 Å². The zero-order valence-electron chi connectivity index (χ0n) is 7.87. The molecule has 0 unspecified atom stereocenters. The lowest BCUT2D eigenvalue weighted by molar-refractivity contribution is -0.870. The van der Waals surface area contributed by atoms with Crippen molar-refractivity contribution in [3.8, 4) is 0 Å². The Bertz CT molecular complexity index is 155. The number of carboxylic acid groups (broad SMARTS) is 1. The van der Waals surface area contributed by atoms with Crippen LogP contribution in [0, 0.1) is 19.1 Å². The summed E-state index contributed by atoms with van der Waals surface area (Å²) in [5.41, 5.74) is 0. The Hall–Kier alpha value is -0.610. The fraction of sp³-hybridized carbons (Fsp3) is 0.667. The first-order chi connectivity index (χ1) is 6.04. The van der Waals surface area contributed by atoms with Crippen LogP contribution in [0.4, 0.5) is 0 Å². The van der Waals surface area contributed by atoms with E-state index in [2.05, 4.69) is 13.8 Å². The molecule has 0 spiro atoms. The Kier molecular flexibility index (Phi) is 5.66. The molecule has 0 aliphatic heterocycles. The van der Waals surface area contributed by atoms with Gasteiger partial charge in [-0.15, -0.1) is 0 Å². The van der Waals surface area contributed by atoms with Crippen LogP contribution in [0.25, 0.3) is 0 Å². The van der Waals surface area contributed by atoms with E-state index in [0.717, 1.165) is 0 Å². The Balaban J connectivity index is 3.55. The number of nitrogens with zero attached hydrogens (tertiary/aromatic N) is 1. The lowest BCUT2D eigenvalue weighted by atomic mass is 10.2. The Labute approximate surface area is 79.3 Å². The largest absolute Gasteiger partial charge is 0.633 e. The summed E-state index contributed by atoms with van der Waals surface area (Å²) in [5.74, 6) is -0.812. The zero-order valence-corrected chi connectivity index (χ0v) is 7.87. The highest BCUT2D eigenvalue weighted by Gasteiger charge is 2.10. The van der Waals surface area contributed by atoms with Gasteiger partial charge in [-0.1, -0.05) is 0 Å². The monoisotopic (exact) mass is 187 g/mol. The Morgan fingerprint density at radius 3 is 2.23 bits per heavy atom. The van der Waals surface area contributed by atoms with E-state index in [1.807, 2.05) is 0 Å². The van der Waals surface area contributed by atoms with E-state index in [1.165, 1.54) is 0 Å². The van der Waals surface area contributed by atoms with Crippen molar-refractivity contribution in [1.29, 1.82) is 0 Å². The van der Waals surface area contributed by atoms with Gasteiger partial charge in [-0.3, -0.25) is 4.79 Å². The van der Waals surface area contributed by atoms with Crippen LogP contribution < -0.4 is 0 Å². The Morgan fingerprint density at radius 2 is 1.85 bits per heavy atom. The second kappa shape index (κ2) is 5.94. The van der Waals surface area contributed by atoms with E-state index in [0.29, 0.717) is 19.4 Å². The molecule has 0 bridgehead atoms. The van der Waals surface area contributed by atoms with E-state index < -0.39 is 10.6 Å². The molecule has 1 N–H and O–H groups in total. The van der Waals surface area contributed by atoms with Gasteiger partial charge in [-0.25, -0.2) is 0 Å². The minimum atomic E-state index is -0.812. The maximum atomic E-state index is 11.5. The third-order valence-corrected chi connectivity index (χ3v) is 2.02. The van der Waals surface area contributed by atoms with Crippen molar-refractivity contribution in [2.24, 2.45) is 0 Å². The second-order valence-electron chi connectivity index (χ2n) is 3.08. The van der Waals surface area contributed by atoms with Gasteiger partial charge in [0.25, 0.3) is 0 Å². The molecule has 0 atom stereocenters. The molecular formula is C9H17NO3. The summed E-state index contributed by atoms with van der Waals surface area (Å²) in [5, 5.41) is 19.9. The van der Waals surface area contributed by atoms with E-state index in [-0.39, 0.29) is 19.5 Å². The quantitative estimate of drug-likeness (QED) is 0.370. The molecule has 0 aromatic carbocycles. The van der Waals surface area contributed by atoms with Crippen molar-refractivity contribution in [3.05, 3.63) is 19.1 Å². The summed E-state index contributed by atoms with van der Waals surface area (Å²) in [4.78, 5) is 10.2. The second-order valence-corrected chi connectivity index (χ2v) is 3.08. The van der Waals surface area contributed by atoms with Crippen LogP contribution in [0.15, 0.2) is 0 Å². The molecule has 0 aliphatic rings. The number of hydrogen-bond donors (Lipinski definition) is 1. The number of aliphatic carboxylic acids is 1.